The van der Waals surface area contributed by atoms with Crippen LogP contribution in [-0.2, 0) is 21.2 Å². The van der Waals surface area contributed by atoms with Gasteiger partial charge >= 0.3 is 0 Å². The summed E-state index contributed by atoms with van der Waals surface area (Å²) in [7, 11) is -3.90. The van der Waals surface area contributed by atoms with Crippen LogP contribution in [-0.4, -0.2) is 31.2 Å². The number of sulfone groups is 1. The lowest BCUT2D eigenvalue weighted by Gasteiger charge is -2.35. The highest BCUT2D eigenvalue weighted by atomic mass is 35.5. The molecule has 0 radical (unpaired) electrons. The van der Waals surface area contributed by atoms with Crippen LogP contribution < -0.4 is 5.32 Å². The molecule has 1 amide bonds. The number of carbonyl (C=O) groups is 1. The third kappa shape index (κ3) is 5.83. The molecule has 5 rings (SSSR count). The second-order valence-electron chi connectivity index (χ2n) is 10.1. The van der Waals surface area contributed by atoms with Gasteiger partial charge in [0.05, 0.1) is 27.5 Å². The van der Waals surface area contributed by atoms with Crippen molar-refractivity contribution in [2.24, 2.45) is 17.8 Å². The van der Waals surface area contributed by atoms with Gasteiger partial charge in [-0.2, -0.15) is 0 Å². The Kier molecular flexibility index (Phi) is 7.98. The largest absolute Gasteiger partial charge is 0.375 e. The van der Waals surface area contributed by atoms with Gasteiger partial charge in [0.15, 0.2) is 27.3 Å². The van der Waals surface area contributed by atoms with E-state index in [0.29, 0.717) is 38.2 Å². The molecular formula is C28H26ClF3N2O4S. The third-order valence-electron chi connectivity index (χ3n) is 7.54. The lowest BCUT2D eigenvalue weighted by molar-refractivity contribution is 0.0609. The summed E-state index contributed by atoms with van der Waals surface area (Å²) >= 11 is 6.32. The van der Waals surface area contributed by atoms with Crippen LogP contribution in [0.4, 0.5) is 18.9 Å². The molecule has 206 valence electrons. The van der Waals surface area contributed by atoms with Crippen LogP contribution in [0.1, 0.15) is 41.7 Å². The molecule has 0 saturated heterocycles. The van der Waals surface area contributed by atoms with Crippen LogP contribution in [0.15, 0.2) is 59.6 Å². The van der Waals surface area contributed by atoms with Crippen molar-refractivity contribution in [3.05, 3.63) is 88.5 Å². The molecule has 2 bridgehead atoms. The highest BCUT2D eigenvalue weighted by molar-refractivity contribution is 7.92. The van der Waals surface area contributed by atoms with E-state index in [2.05, 4.69) is 10.3 Å². The normalized spacial score (nSPS) is 22.6. The van der Waals surface area contributed by atoms with E-state index in [1.807, 2.05) is 18.2 Å². The maximum absolute atomic E-state index is 13.8. The monoisotopic (exact) mass is 578 g/mol. The van der Waals surface area contributed by atoms with E-state index in [0.717, 1.165) is 18.5 Å². The molecule has 2 aliphatic carbocycles. The molecule has 39 heavy (non-hydrogen) atoms. The van der Waals surface area contributed by atoms with Crippen molar-refractivity contribution in [1.29, 1.82) is 0 Å². The molecule has 2 aromatic carbocycles. The van der Waals surface area contributed by atoms with E-state index >= 15 is 0 Å². The number of benzene rings is 2. The van der Waals surface area contributed by atoms with Gasteiger partial charge in [-0.3, -0.25) is 9.78 Å². The summed E-state index contributed by atoms with van der Waals surface area (Å²) < 4.78 is 73.9. The first-order chi connectivity index (χ1) is 18.6. The van der Waals surface area contributed by atoms with E-state index in [4.69, 9.17) is 16.3 Å². The average Bonchev–Trinajstić information content (AvgIpc) is 3.19. The van der Waals surface area contributed by atoms with Crippen LogP contribution in [0.5, 0.6) is 0 Å². The summed E-state index contributed by atoms with van der Waals surface area (Å²) in [5.74, 6) is -5.27. The number of nitrogens with one attached hydrogen (secondary N) is 1. The van der Waals surface area contributed by atoms with Gasteiger partial charge in [0.2, 0.25) is 0 Å². The Hall–Kier alpha value is -2.95. The highest BCUT2D eigenvalue weighted by Crippen LogP contribution is 2.50. The van der Waals surface area contributed by atoms with E-state index in [9.17, 15) is 26.4 Å². The third-order valence-corrected chi connectivity index (χ3v) is 10.4. The first-order valence-corrected chi connectivity index (χ1v) is 14.5. The van der Waals surface area contributed by atoms with Gasteiger partial charge in [0.1, 0.15) is 0 Å². The van der Waals surface area contributed by atoms with E-state index < -0.39 is 38.4 Å². The Balaban J connectivity index is 1.29. The molecule has 2 fully saturated rings. The van der Waals surface area contributed by atoms with Crippen molar-refractivity contribution in [2.75, 3.05) is 11.9 Å². The van der Waals surface area contributed by atoms with Crippen LogP contribution in [0.25, 0.3) is 0 Å². The zero-order chi connectivity index (χ0) is 27.7. The van der Waals surface area contributed by atoms with Crippen molar-refractivity contribution in [3.63, 3.8) is 0 Å². The number of nitrogens with zero attached hydrogens (tertiary/aromatic N) is 1. The van der Waals surface area contributed by atoms with Gasteiger partial charge < -0.3 is 10.1 Å². The first kappa shape index (κ1) is 27.6. The zero-order valence-corrected chi connectivity index (χ0v) is 22.3. The predicted molar refractivity (Wildman–Crippen MR) is 140 cm³/mol. The number of pyridine rings is 1. The number of amides is 1. The summed E-state index contributed by atoms with van der Waals surface area (Å²) in [4.78, 5) is 16.9. The smallest absolute Gasteiger partial charge is 0.255 e. The number of aromatic nitrogens is 1. The summed E-state index contributed by atoms with van der Waals surface area (Å²) in [5.41, 5.74) is 0.467. The second kappa shape index (κ2) is 11.3. The topological polar surface area (TPSA) is 85.4 Å². The minimum atomic E-state index is -3.90. The van der Waals surface area contributed by atoms with Gasteiger partial charge in [-0.25, -0.2) is 21.6 Å². The van der Waals surface area contributed by atoms with Crippen LogP contribution >= 0.6 is 11.6 Å². The van der Waals surface area contributed by atoms with Crippen LogP contribution in [0, 0.1) is 35.2 Å². The van der Waals surface area contributed by atoms with Crippen molar-refractivity contribution in [3.8, 4) is 0 Å². The molecule has 6 nitrogen and oxygen atoms in total. The molecule has 1 aromatic heterocycles. The molecule has 2 saturated carbocycles. The van der Waals surface area contributed by atoms with Gasteiger partial charge in [-0.1, -0.05) is 17.7 Å². The minimum Gasteiger partial charge on any atom is -0.375 e. The van der Waals surface area contributed by atoms with E-state index in [-0.39, 0.29) is 38.9 Å². The van der Waals surface area contributed by atoms with Gasteiger partial charge in [0.25, 0.3) is 5.91 Å². The molecule has 0 spiro atoms. The Morgan fingerprint density at radius 2 is 1.72 bits per heavy atom. The van der Waals surface area contributed by atoms with Crippen molar-refractivity contribution in [1.82, 2.24) is 4.98 Å². The summed E-state index contributed by atoms with van der Waals surface area (Å²) in [6.07, 6.45) is 4.70. The van der Waals surface area contributed by atoms with Crippen molar-refractivity contribution in [2.45, 2.75) is 42.4 Å². The molecule has 3 aromatic rings. The number of carbonyl (C=O) groups excluding carboxylic acids is 1. The van der Waals surface area contributed by atoms with Gasteiger partial charge in [-0.05, 0) is 73.8 Å². The molecule has 11 heteroatoms. The zero-order valence-electron chi connectivity index (χ0n) is 20.7. The summed E-state index contributed by atoms with van der Waals surface area (Å²) in [5, 5.41) is 1.64. The number of fused-ring (bicyclic) bond motifs is 2. The second-order valence-corrected chi connectivity index (χ2v) is 12.6. The standard InChI is InChI=1S/C28H26ClF3N2O4S/c29-22-7-6-19(28(35)34-21-12-23(30)26(32)24(31)13-21)11-25(22)39(36,37)27-17-4-5-18(27)10-16(9-17)14-38-15-20-3-1-2-8-33-20/h1-3,6-8,11-13,16-18,27H,4-5,9-10,14-15H2,(H,34,35). The van der Waals surface area contributed by atoms with Crippen LogP contribution in [0.2, 0.25) is 5.02 Å². The Bertz CT molecular complexity index is 1450. The number of hydrogen-bond acceptors (Lipinski definition) is 5. The van der Waals surface area contributed by atoms with E-state index in [1.54, 1.807) is 6.20 Å². The molecule has 2 unspecified atom stereocenters. The number of anilines is 1. The number of halogens is 4. The van der Waals surface area contributed by atoms with E-state index in [1.165, 1.54) is 18.2 Å². The Labute approximate surface area is 229 Å². The predicted octanol–water partition coefficient (Wildman–Crippen LogP) is 6.20. The van der Waals surface area contributed by atoms with Crippen molar-refractivity contribution < 1.29 is 31.1 Å². The Morgan fingerprint density at radius 1 is 1.03 bits per heavy atom. The fourth-order valence-corrected chi connectivity index (χ4v) is 8.77. The fraction of sp³-hybridized carbons (Fsp3) is 0.357. The average molecular weight is 579 g/mol. The molecule has 2 atom stereocenters. The van der Waals surface area contributed by atoms with Gasteiger partial charge in [0, 0.05) is 36.2 Å². The van der Waals surface area contributed by atoms with Gasteiger partial charge in [-0.15, -0.1) is 0 Å². The maximum Gasteiger partial charge on any atom is 0.255 e. The lowest BCUT2D eigenvalue weighted by atomic mass is 9.81. The summed E-state index contributed by atoms with van der Waals surface area (Å²) in [6.45, 7) is 0.924. The fourth-order valence-electron chi connectivity index (χ4n) is 5.89. The summed E-state index contributed by atoms with van der Waals surface area (Å²) in [6, 6.07) is 10.7. The van der Waals surface area contributed by atoms with Crippen LogP contribution in [0.3, 0.4) is 0 Å². The quantitative estimate of drug-likeness (QED) is 0.322. The number of ether oxygens (including phenoxy) is 1. The molecular weight excluding hydrogens is 553 g/mol. The molecule has 1 N–H and O–H groups in total. The molecule has 0 aliphatic heterocycles. The number of hydrogen-bond donors (Lipinski definition) is 1. The highest BCUT2D eigenvalue weighted by Gasteiger charge is 2.50. The Morgan fingerprint density at radius 3 is 2.36 bits per heavy atom. The number of rotatable bonds is 8. The van der Waals surface area contributed by atoms with Crippen molar-refractivity contribution >= 4 is 33.0 Å². The lowest BCUT2D eigenvalue weighted by Crippen LogP contribution is -2.38. The SMILES string of the molecule is O=C(Nc1cc(F)c(F)c(F)c1)c1ccc(Cl)c(S(=O)(=O)C2C3CCC2CC(COCc2ccccn2)C3)c1. The maximum atomic E-state index is 13.8. The molecule has 1 heterocycles. The molecule has 2 aliphatic rings. The first-order valence-electron chi connectivity index (χ1n) is 12.6. The minimum absolute atomic E-state index is 0.00867.